The predicted molar refractivity (Wildman–Crippen MR) is 255 cm³/mol. The van der Waals surface area contributed by atoms with Gasteiger partial charge in [0.2, 0.25) is 0 Å². The molecule has 62 heavy (non-hydrogen) atoms. The molecule has 2 aliphatic carbocycles. The Morgan fingerprint density at radius 1 is 0.323 bits per heavy atom. The maximum absolute atomic E-state index is 5.22. The van der Waals surface area contributed by atoms with Gasteiger partial charge in [0.1, 0.15) is 0 Å². The van der Waals surface area contributed by atoms with Gasteiger partial charge >= 0.3 is 0 Å². The number of aromatic nitrogens is 4. The molecule has 4 heteroatoms. The summed E-state index contributed by atoms with van der Waals surface area (Å²) < 4.78 is 0. The summed E-state index contributed by atoms with van der Waals surface area (Å²) in [7, 11) is 0. The van der Waals surface area contributed by atoms with Gasteiger partial charge in [-0.25, -0.2) is 15.0 Å². The van der Waals surface area contributed by atoms with Crippen LogP contribution in [0, 0.1) is 13.8 Å². The molecule has 0 amide bonds. The number of benzene rings is 7. The van der Waals surface area contributed by atoms with Gasteiger partial charge in [0, 0.05) is 39.3 Å². The molecule has 2 aliphatic rings. The summed E-state index contributed by atoms with van der Waals surface area (Å²) in [5, 5.41) is 0. The zero-order valence-corrected chi connectivity index (χ0v) is 36.0. The van der Waals surface area contributed by atoms with Gasteiger partial charge < -0.3 is 0 Å². The normalized spacial score (nSPS) is 13.9. The number of rotatable bonds is 6. The second kappa shape index (κ2) is 14.1. The van der Waals surface area contributed by atoms with Crippen LogP contribution in [0.1, 0.15) is 61.1 Å². The highest BCUT2D eigenvalue weighted by atomic mass is 15.0. The Bertz CT molecular complexity index is 3100. The molecule has 0 saturated carbocycles. The van der Waals surface area contributed by atoms with Gasteiger partial charge in [-0.05, 0) is 105 Å². The van der Waals surface area contributed by atoms with Gasteiger partial charge in [-0.15, -0.1) is 0 Å². The summed E-state index contributed by atoms with van der Waals surface area (Å²) in [5.41, 5.74) is 22.2. The third-order valence-corrected chi connectivity index (χ3v) is 13.3. The molecule has 0 atom stereocenters. The molecule has 7 aromatic carbocycles. The molecule has 0 radical (unpaired) electrons. The Balaban J connectivity index is 0.979. The van der Waals surface area contributed by atoms with E-state index in [1.54, 1.807) is 0 Å². The van der Waals surface area contributed by atoms with Crippen molar-refractivity contribution in [1.29, 1.82) is 0 Å². The van der Waals surface area contributed by atoms with E-state index in [1.165, 1.54) is 77.9 Å². The van der Waals surface area contributed by atoms with E-state index in [1.807, 2.05) is 6.20 Å². The summed E-state index contributed by atoms with van der Waals surface area (Å²) in [5.74, 6) is 1.86. The molecule has 0 spiro atoms. The Labute approximate surface area is 364 Å². The average Bonchev–Trinajstić information content (AvgIpc) is 3.67. The van der Waals surface area contributed by atoms with E-state index in [9.17, 15) is 0 Å². The van der Waals surface area contributed by atoms with Crippen molar-refractivity contribution in [2.45, 2.75) is 52.4 Å². The summed E-state index contributed by atoms with van der Waals surface area (Å²) in [4.78, 5) is 20.6. The number of nitrogens with zero attached hydrogens (tertiary/aromatic N) is 4. The second-order valence-corrected chi connectivity index (χ2v) is 18.1. The quantitative estimate of drug-likeness (QED) is 0.168. The number of aryl methyl sites for hydroxylation is 2. The van der Waals surface area contributed by atoms with Crippen molar-refractivity contribution >= 4 is 0 Å². The Morgan fingerprint density at radius 3 is 1.23 bits per heavy atom. The lowest BCUT2D eigenvalue weighted by Crippen LogP contribution is -2.14. The maximum Gasteiger partial charge on any atom is 0.165 e. The van der Waals surface area contributed by atoms with Crippen molar-refractivity contribution in [2.75, 3.05) is 0 Å². The lowest BCUT2D eigenvalue weighted by molar-refractivity contribution is 0.660. The van der Waals surface area contributed by atoms with Crippen LogP contribution in [0.3, 0.4) is 0 Å². The van der Waals surface area contributed by atoms with Crippen molar-refractivity contribution in [3.8, 4) is 89.9 Å². The maximum atomic E-state index is 5.22. The monoisotopic (exact) mass is 798 g/mol. The van der Waals surface area contributed by atoms with Crippen LogP contribution in [-0.2, 0) is 10.8 Å². The fraction of sp³-hybridized carbons (Fsp3) is 0.138. The molecule has 0 fully saturated rings. The van der Waals surface area contributed by atoms with Gasteiger partial charge in [0.15, 0.2) is 17.5 Å². The van der Waals surface area contributed by atoms with Crippen LogP contribution >= 0.6 is 0 Å². The van der Waals surface area contributed by atoms with Crippen molar-refractivity contribution in [2.24, 2.45) is 0 Å². The van der Waals surface area contributed by atoms with Crippen LogP contribution in [0.15, 0.2) is 170 Å². The standard InChI is InChI=1S/C58H46N4/c1-35-29-36(2)31-42(30-35)44-14-8-7-13-43(44)37-19-21-38(22-20-37)53-28-25-41(34-59-53)56-61-54(39-23-26-51-47(32-39)45-15-9-11-17-49(45)57(51,3)4)60-55(62-56)40-24-27-52-48(33-40)46-16-10-12-18-50(46)58(52,5)6/h7-34H,1-6H3. The van der Waals surface area contributed by atoms with E-state index in [2.05, 4.69) is 205 Å². The Morgan fingerprint density at radius 2 is 0.726 bits per heavy atom. The number of pyridine rings is 1. The van der Waals surface area contributed by atoms with Gasteiger partial charge in [-0.1, -0.05) is 178 Å². The van der Waals surface area contributed by atoms with Gasteiger partial charge in [0.05, 0.1) is 5.69 Å². The molecule has 4 nitrogen and oxygen atoms in total. The van der Waals surface area contributed by atoms with Crippen LogP contribution in [-0.4, -0.2) is 19.9 Å². The lowest BCUT2D eigenvalue weighted by Gasteiger charge is -2.21. The molecule has 298 valence electrons. The molecule has 0 unspecified atom stereocenters. The number of hydrogen-bond acceptors (Lipinski definition) is 4. The average molecular weight is 799 g/mol. The molecule has 0 N–H and O–H groups in total. The van der Waals surface area contributed by atoms with E-state index in [0.29, 0.717) is 17.5 Å². The highest BCUT2D eigenvalue weighted by molar-refractivity contribution is 5.87. The van der Waals surface area contributed by atoms with Crippen LogP contribution < -0.4 is 0 Å². The SMILES string of the molecule is Cc1cc(C)cc(-c2ccccc2-c2ccc(-c3ccc(-c4nc(-c5ccc6c(c5)-c5ccccc5C6(C)C)nc(-c5ccc6c(c5)-c5ccccc5C6(C)C)n4)cn3)cc2)c1. The highest BCUT2D eigenvalue weighted by Crippen LogP contribution is 2.51. The smallest absolute Gasteiger partial charge is 0.165 e. The zero-order valence-electron chi connectivity index (χ0n) is 36.0. The fourth-order valence-corrected chi connectivity index (χ4v) is 10.1. The summed E-state index contributed by atoms with van der Waals surface area (Å²) in [6, 6.07) is 59.1. The summed E-state index contributed by atoms with van der Waals surface area (Å²) in [6.45, 7) is 13.5. The topological polar surface area (TPSA) is 51.6 Å². The van der Waals surface area contributed by atoms with E-state index in [0.717, 1.165) is 27.9 Å². The van der Waals surface area contributed by atoms with Crippen LogP contribution in [0.2, 0.25) is 0 Å². The summed E-state index contributed by atoms with van der Waals surface area (Å²) in [6.07, 6.45) is 1.89. The second-order valence-electron chi connectivity index (χ2n) is 18.1. The molecular weight excluding hydrogens is 753 g/mol. The summed E-state index contributed by atoms with van der Waals surface area (Å²) >= 11 is 0. The van der Waals surface area contributed by atoms with E-state index in [4.69, 9.17) is 19.9 Å². The predicted octanol–water partition coefficient (Wildman–Crippen LogP) is 14.5. The van der Waals surface area contributed by atoms with Crippen molar-refractivity contribution < 1.29 is 0 Å². The Kier molecular flexibility index (Phi) is 8.59. The molecular formula is C58H46N4. The minimum Gasteiger partial charge on any atom is -0.255 e. The van der Waals surface area contributed by atoms with Crippen molar-refractivity contribution in [3.63, 3.8) is 0 Å². The largest absolute Gasteiger partial charge is 0.255 e. The first-order valence-electron chi connectivity index (χ1n) is 21.5. The highest BCUT2D eigenvalue weighted by Gasteiger charge is 2.36. The third-order valence-electron chi connectivity index (χ3n) is 13.3. The molecule has 0 aliphatic heterocycles. The minimum atomic E-state index is -0.0901. The van der Waals surface area contributed by atoms with E-state index in [-0.39, 0.29) is 10.8 Å². The Hall–Kier alpha value is -7.30. The zero-order chi connectivity index (χ0) is 42.3. The van der Waals surface area contributed by atoms with Crippen molar-refractivity contribution in [1.82, 2.24) is 19.9 Å². The fourth-order valence-electron chi connectivity index (χ4n) is 10.1. The van der Waals surface area contributed by atoms with Crippen LogP contribution in [0.5, 0.6) is 0 Å². The first-order chi connectivity index (χ1) is 30.0. The van der Waals surface area contributed by atoms with Crippen LogP contribution in [0.25, 0.3) is 89.9 Å². The lowest BCUT2D eigenvalue weighted by atomic mass is 9.82. The van der Waals surface area contributed by atoms with Crippen LogP contribution in [0.4, 0.5) is 0 Å². The minimum absolute atomic E-state index is 0.0901. The molecule has 2 heterocycles. The molecule has 11 rings (SSSR count). The molecule has 0 bridgehead atoms. The first kappa shape index (κ1) is 37.7. The van der Waals surface area contributed by atoms with E-state index < -0.39 is 0 Å². The van der Waals surface area contributed by atoms with Gasteiger partial charge in [0.25, 0.3) is 0 Å². The van der Waals surface area contributed by atoms with Gasteiger partial charge in [-0.2, -0.15) is 0 Å². The number of fused-ring (bicyclic) bond motifs is 6. The first-order valence-corrected chi connectivity index (χ1v) is 21.5. The third kappa shape index (κ3) is 6.12. The van der Waals surface area contributed by atoms with E-state index >= 15 is 0 Å². The van der Waals surface area contributed by atoms with Crippen molar-refractivity contribution in [3.05, 3.63) is 203 Å². The molecule has 9 aromatic rings. The molecule has 2 aromatic heterocycles. The number of hydrogen-bond donors (Lipinski definition) is 0. The van der Waals surface area contributed by atoms with Gasteiger partial charge in [-0.3, -0.25) is 4.98 Å². The molecule has 0 saturated heterocycles.